The van der Waals surface area contributed by atoms with Gasteiger partial charge in [0.05, 0.1) is 24.9 Å². The van der Waals surface area contributed by atoms with Crippen LogP contribution < -0.4 is 16.0 Å². The summed E-state index contributed by atoms with van der Waals surface area (Å²) in [6, 6.07) is 2.39. The summed E-state index contributed by atoms with van der Waals surface area (Å²) in [6.45, 7) is 2.04. The van der Waals surface area contributed by atoms with Gasteiger partial charge in [-0.3, -0.25) is 14.2 Å². The first-order chi connectivity index (χ1) is 15.9. The van der Waals surface area contributed by atoms with Crippen LogP contribution in [0.5, 0.6) is 0 Å². The van der Waals surface area contributed by atoms with Crippen molar-refractivity contribution in [3.8, 4) is 0 Å². The Morgan fingerprint density at radius 1 is 1.06 bits per heavy atom. The van der Waals surface area contributed by atoms with Crippen molar-refractivity contribution in [2.24, 2.45) is 7.05 Å². The fourth-order valence-electron chi connectivity index (χ4n) is 4.61. The van der Waals surface area contributed by atoms with E-state index in [1.807, 2.05) is 11.0 Å². The molecular weight excluding hydrogens is 432 g/mol. The normalized spacial score (nSPS) is 17.4. The van der Waals surface area contributed by atoms with E-state index in [9.17, 15) is 18.4 Å². The molecule has 3 aromatic rings. The SMILES string of the molecule is Cn1c(=O)c(=O)n(C2CCN(c3ncc(C4=CCOCC4)cc3F)CC2)c2ncc(F)cc21. The standard InChI is InChI=1S/C23H23F2N5O3/c1-28-19-11-16(24)13-27-21(19)30(23(32)22(28)31)17-2-6-29(7-3-17)20-18(25)10-15(12-26-20)14-4-8-33-9-5-14/h4,10-13,17H,2-3,5-9H2,1H3. The number of fused-ring (bicyclic) bond motifs is 1. The van der Waals surface area contributed by atoms with Crippen LogP contribution in [0.4, 0.5) is 14.6 Å². The largest absolute Gasteiger partial charge is 0.377 e. The average Bonchev–Trinajstić information content (AvgIpc) is 2.84. The van der Waals surface area contributed by atoms with Gasteiger partial charge in [-0.05, 0) is 36.5 Å². The highest BCUT2D eigenvalue weighted by molar-refractivity contribution is 5.70. The second-order valence-corrected chi connectivity index (χ2v) is 8.34. The number of ether oxygens (including phenoxy) is 1. The fourth-order valence-corrected chi connectivity index (χ4v) is 4.61. The van der Waals surface area contributed by atoms with E-state index in [1.54, 1.807) is 6.20 Å². The first-order valence-electron chi connectivity index (χ1n) is 10.9. The number of rotatable bonds is 3. The molecule has 0 aliphatic carbocycles. The Labute approximate surface area is 187 Å². The molecule has 0 radical (unpaired) electrons. The lowest BCUT2D eigenvalue weighted by atomic mass is 10.0. The molecule has 2 aliphatic rings. The summed E-state index contributed by atoms with van der Waals surface area (Å²) in [5.41, 5.74) is 0.877. The highest BCUT2D eigenvalue weighted by Crippen LogP contribution is 2.29. The van der Waals surface area contributed by atoms with Crippen LogP contribution in [0.3, 0.4) is 0 Å². The fraction of sp³-hybridized carbons (Fsp3) is 0.391. The van der Waals surface area contributed by atoms with E-state index in [0.717, 1.165) is 28.3 Å². The van der Waals surface area contributed by atoms with Gasteiger partial charge in [-0.2, -0.15) is 0 Å². The minimum atomic E-state index is -0.733. The summed E-state index contributed by atoms with van der Waals surface area (Å²) in [5.74, 6) is -0.711. The number of hydrogen-bond donors (Lipinski definition) is 0. The van der Waals surface area contributed by atoms with Gasteiger partial charge in [-0.1, -0.05) is 6.08 Å². The van der Waals surface area contributed by atoms with Gasteiger partial charge in [0.2, 0.25) is 0 Å². The number of anilines is 1. The van der Waals surface area contributed by atoms with Crippen molar-refractivity contribution in [1.29, 1.82) is 0 Å². The van der Waals surface area contributed by atoms with Crippen LogP contribution in [-0.4, -0.2) is 45.4 Å². The van der Waals surface area contributed by atoms with Crippen LogP contribution in [0.2, 0.25) is 0 Å². The van der Waals surface area contributed by atoms with Crippen molar-refractivity contribution >= 4 is 22.6 Å². The number of hydrogen-bond acceptors (Lipinski definition) is 6. The molecule has 5 heterocycles. The molecule has 10 heteroatoms. The van der Waals surface area contributed by atoms with E-state index >= 15 is 0 Å². The van der Waals surface area contributed by atoms with Gasteiger partial charge in [0, 0.05) is 38.4 Å². The third kappa shape index (κ3) is 3.84. The topological polar surface area (TPSA) is 82.2 Å². The summed E-state index contributed by atoms with van der Waals surface area (Å²) in [7, 11) is 1.43. The molecule has 0 spiro atoms. The van der Waals surface area contributed by atoms with Crippen LogP contribution in [0, 0.1) is 11.6 Å². The van der Waals surface area contributed by atoms with E-state index in [4.69, 9.17) is 4.74 Å². The van der Waals surface area contributed by atoms with Crippen LogP contribution in [0.15, 0.2) is 40.2 Å². The first kappa shape index (κ1) is 21.4. The number of halogens is 2. The molecule has 0 atom stereocenters. The minimum absolute atomic E-state index is 0.257. The molecule has 0 amide bonds. The summed E-state index contributed by atoms with van der Waals surface area (Å²) in [4.78, 5) is 35.5. The molecule has 3 aromatic heterocycles. The van der Waals surface area contributed by atoms with Crippen molar-refractivity contribution in [1.82, 2.24) is 19.1 Å². The summed E-state index contributed by atoms with van der Waals surface area (Å²) in [5, 5.41) is 0. The molecule has 33 heavy (non-hydrogen) atoms. The van der Waals surface area contributed by atoms with E-state index in [0.29, 0.717) is 39.1 Å². The van der Waals surface area contributed by atoms with E-state index < -0.39 is 22.8 Å². The predicted molar refractivity (Wildman–Crippen MR) is 119 cm³/mol. The quantitative estimate of drug-likeness (QED) is 0.565. The summed E-state index contributed by atoms with van der Waals surface area (Å²) in [6.07, 6.45) is 6.37. The Morgan fingerprint density at radius 3 is 2.55 bits per heavy atom. The molecule has 0 saturated carbocycles. The van der Waals surface area contributed by atoms with Crippen molar-refractivity contribution in [3.63, 3.8) is 0 Å². The lowest BCUT2D eigenvalue weighted by Gasteiger charge is -2.34. The van der Waals surface area contributed by atoms with Crippen LogP contribution in [0.25, 0.3) is 16.7 Å². The number of nitrogens with zero attached hydrogens (tertiary/aromatic N) is 5. The Balaban J connectivity index is 1.40. The number of aryl methyl sites for hydroxylation is 1. The van der Waals surface area contributed by atoms with E-state index in [-0.39, 0.29) is 23.0 Å². The second kappa shape index (κ2) is 8.51. The maximum absolute atomic E-state index is 14.9. The van der Waals surface area contributed by atoms with Gasteiger partial charge in [0.1, 0.15) is 5.82 Å². The predicted octanol–water partition coefficient (Wildman–Crippen LogP) is 2.41. The van der Waals surface area contributed by atoms with Crippen molar-refractivity contribution in [2.45, 2.75) is 25.3 Å². The molecule has 5 rings (SSSR count). The van der Waals surface area contributed by atoms with Gasteiger partial charge < -0.3 is 14.2 Å². The molecule has 1 fully saturated rings. The van der Waals surface area contributed by atoms with Crippen LogP contribution in [-0.2, 0) is 11.8 Å². The maximum atomic E-state index is 14.9. The lowest BCUT2D eigenvalue weighted by Crippen LogP contribution is -2.45. The van der Waals surface area contributed by atoms with Gasteiger partial charge in [0.25, 0.3) is 0 Å². The molecular formula is C23H23F2N5O3. The van der Waals surface area contributed by atoms with E-state index in [1.165, 1.54) is 23.7 Å². The third-order valence-electron chi connectivity index (χ3n) is 6.39. The Kier molecular flexibility index (Phi) is 5.53. The van der Waals surface area contributed by atoms with E-state index in [2.05, 4.69) is 9.97 Å². The zero-order chi connectivity index (χ0) is 23.1. The van der Waals surface area contributed by atoms with Crippen LogP contribution >= 0.6 is 0 Å². The smallest absolute Gasteiger partial charge is 0.318 e. The summed E-state index contributed by atoms with van der Waals surface area (Å²) >= 11 is 0. The average molecular weight is 455 g/mol. The van der Waals surface area contributed by atoms with Gasteiger partial charge in [-0.15, -0.1) is 0 Å². The monoisotopic (exact) mass is 455 g/mol. The van der Waals surface area contributed by atoms with Gasteiger partial charge >= 0.3 is 11.1 Å². The zero-order valence-electron chi connectivity index (χ0n) is 18.1. The minimum Gasteiger partial charge on any atom is -0.377 e. The molecule has 0 aromatic carbocycles. The molecule has 172 valence electrons. The highest BCUT2D eigenvalue weighted by atomic mass is 19.1. The Hall–Kier alpha value is -3.40. The summed E-state index contributed by atoms with van der Waals surface area (Å²) < 4.78 is 36.4. The molecule has 1 saturated heterocycles. The number of aromatic nitrogens is 4. The Morgan fingerprint density at radius 2 is 1.85 bits per heavy atom. The van der Waals surface area contributed by atoms with Gasteiger partial charge in [0.15, 0.2) is 17.3 Å². The maximum Gasteiger partial charge on any atom is 0.318 e. The van der Waals surface area contributed by atoms with Crippen molar-refractivity contribution in [2.75, 3.05) is 31.2 Å². The molecule has 0 unspecified atom stereocenters. The molecule has 0 N–H and O–H groups in total. The van der Waals surface area contributed by atoms with Crippen molar-refractivity contribution in [3.05, 3.63) is 68.5 Å². The van der Waals surface area contributed by atoms with Crippen LogP contribution in [0.1, 0.15) is 30.9 Å². The second-order valence-electron chi connectivity index (χ2n) is 8.34. The zero-order valence-corrected chi connectivity index (χ0v) is 18.1. The number of pyridine rings is 2. The molecule has 0 bridgehead atoms. The molecule has 2 aliphatic heterocycles. The molecule has 8 nitrogen and oxygen atoms in total. The lowest BCUT2D eigenvalue weighted by molar-refractivity contribution is 0.161. The van der Waals surface area contributed by atoms with Gasteiger partial charge in [-0.25, -0.2) is 18.7 Å². The van der Waals surface area contributed by atoms with Crippen molar-refractivity contribution < 1.29 is 13.5 Å². The Bertz CT molecular complexity index is 1370. The third-order valence-corrected chi connectivity index (χ3v) is 6.39. The highest BCUT2D eigenvalue weighted by Gasteiger charge is 2.27. The first-order valence-corrected chi connectivity index (χ1v) is 10.9. The number of piperidine rings is 1.